The molecule has 2 amide bonds. The Morgan fingerprint density at radius 1 is 1.25 bits per heavy atom. The number of thioether (sulfide) groups is 2. The van der Waals surface area contributed by atoms with Gasteiger partial charge in [-0.2, -0.15) is 0 Å². The number of carbonyl (C=O) groups is 3. The maximum atomic E-state index is 13.5. The van der Waals surface area contributed by atoms with E-state index < -0.39 is 40.4 Å². The van der Waals surface area contributed by atoms with Gasteiger partial charge in [0.1, 0.15) is 35.1 Å². The monoisotopic (exact) mass is 787 g/mol. The molecule has 1 saturated heterocycles. The number of carboxylic acid groups (broad SMARTS) is 1. The molecule has 2 aliphatic heterocycles. The molecule has 23 heteroatoms. The normalized spacial score (nSPS) is 16.7. The average Bonchev–Trinajstić information content (AvgIpc) is 3.75. The topological polar surface area (TPSA) is 265 Å². The number of aromatic nitrogens is 4. The number of aliphatic carboxylic acids is 1. The van der Waals surface area contributed by atoms with Gasteiger partial charge in [0.05, 0.1) is 5.69 Å². The number of β-lactam (4-membered cyclic amide) rings is 1. The number of amides is 2. The number of oxime groups is 1. The third-order valence-corrected chi connectivity index (χ3v) is 10.4. The SMILES string of the molecule is Nc1nc(/C(=N/OCc2cc(-c3cc(=O)c([O-])cn3[O-])no2)C(=O)N[C@@H]2C(=O)N3C(C(=O)O)=C(CSc4cc[n+](CCO)cc4)CS[C@H]23)cs1.[Na+].[Na+]. The van der Waals surface area contributed by atoms with Crippen molar-refractivity contribution < 1.29 is 103 Å². The summed E-state index contributed by atoms with van der Waals surface area (Å²) < 4.78 is 7.12. The largest absolute Gasteiger partial charge is 1.00 e. The van der Waals surface area contributed by atoms with E-state index in [0.717, 1.165) is 22.3 Å². The molecule has 18 nitrogen and oxygen atoms in total. The number of nitrogens with two attached hydrogens (primary N) is 1. The van der Waals surface area contributed by atoms with Crippen LogP contribution in [0.15, 0.2) is 78.9 Å². The van der Waals surface area contributed by atoms with E-state index in [1.165, 1.54) is 39.9 Å². The Morgan fingerprint density at radius 3 is 2.67 bits per heavy atom. The molecule has 2 aliphatic rings. The van der Waals surface area contributed by atoms with Crippen molar-refractivity contribution in [2.24, 2.45) is 5.16 Å². The number of rotatable bonds is 13. The van der Waals surface area contributed by atoms with Gasteiger partial charge >= 0.3 is 65.1 Å². The maximum absolute atomic E-state index is 13.5. The molecule has 6 heterocycles. The Balaban J connectivity index is 0.00000302. The summed E-state index contributed by atoms with van der Waals surface area (Å²) in [6.45, 7) is 0.0622. The average molecular weight is 788 g/mol. The molecule has 0 bridgehead atoms. The van der Waals surface area contributed by atoms with Crippen LogP contribution in [0, 0.1) is 5.21 Å². The first-order valence-electron chi connectivity index (χ1n) is 14.5. The first-order chi connectivity index (χ1) is 24.0. The minimum atomic E-state index is -1.26. The third kappa shape index (κ3) is 9.04. The van der Waals surface area contributed by atoms with Crippen LogP contribution in [-0.4, -0.2) is 83.0 Å². The van der Waals surface area contributed by atoms with Gasteiger partial charge in [-0.3, -0.25) is 19.3 Å². The fourth-order valence-corrected chi connectivity index (χ4v) is 7.84. The summed E-state index contributed by atoms with van der Waals surface area (Å²) in [6.07, 6.45) is 4.19. The van der Waals surface area contributed by atoms with Crippen LogP contribution in [0.25, 0.3) is 11.4 Å². The third-order valence-electron chi connectivity index (χ3n) is 7.31. The Morgan fingerprint density at radius 2 is 2.00 bits per heavy atom. The van der Waals surface area contributed by atoms with Crippen LogP contribution in [0.1, 0.15) is 11.5 Å². The molecule has 1 fully saturated rings. The van der Waals surface area contributed by atoms with E-state index in [-0.39, 0.29) is 116 Å². The Hall–Kier alpha value is -3.38. The number of carboxylic acids is 1. The van der Waals surface area contributed by atoms with Crippen LogP contribution in [-0.2, 0) is 32.4 Å². The Kier molecular flexibility index (Phi) is 14.4. The van der Waals surface area contributed by atoms with Crippen molar-refractivity contribution in [1.29, 1.82) is 0 Å². The fourth-order valence-electron chi connectivity index (χ4n) is 4.93. The van der Waals surface area contributed by atoms with Crippen molar-refractivity contribution >= 4 is 63.5 Å². The van der Waals surface area contributed by atoms with E-state index in [1.54, 1.807) is 0 Å². The van der Waals surface area contributed by atoms with Crippen molar-refractivity contribution in [3.8, 4) is 17.1 Å². The molecule has 4 aromatic heterocycles. The number of aliphatic hydroxyl groups is 1. The zero-order valence-electron chi connectivity index (χ0n) is 27.5. The van der Waals surface area contributed by atoms with Crippen LogP contribution >= 0.6 is 34.9 Å². The summed E-state index contributed by atoms with van der Waals surface area (Å²) in [7, 11) is 0. The van der Waals surface area contributed by atoms with Gasteiger partial charge in [-0.05, 0) is 17.5 Å². The second kappa shape index (κ2) is 18.1. The first kappa shape index (κ1) is 41.4. The number of hydrogen-bond acceptors (Lipinski definition) is 16. The summed E-state index contributed by atoms with van der Waals surface area (Å²) in [5, 5.41) is 53.7. The first-order valence-corrected chi connectivity index (χ1v) is 17.4. The summed E-state index contributed by atoms with van der Waals surface area (Å²) in [4.78, 5) is 62.2. The van der Waals surface area contributed by atoms with Crippen LogP contribution in [0.2, 0.25) is 0 Å². The zero-order valence-corrected chi connectivity index (χ0v) is 33.9. The van der Waals surface area contributed by atoms with Crippen LogP contribution in [0.4, 0.5) is 5.13 Å². The van der Waals surface area contributed by atoms with Gasteiger partial charge < -0.3 is 45.7 Å². The Bertz CT molecular complexity index is 2090. The van der Waals surface area contributed by atoms with E-state index in [1.807, 2.05) is 29.1 Å². The minimum absolute atomic E-state index is 0. The van der Waals surface area contributed by atoms with Gasteiger partial charge in [0.25, 0.3) is 11.8 Å². The van der Waals surface area contributed by atoms with Crippen molar-refractivity contribution in [2.45, 2.75) is 29.5 Å². The molecule has 260 valence electrons. The van der Waals surface area contributed by atoms with Crippen molar-refractivity contribution in [2.75, 3.05) is 23.8 Å². The van der Waals surface area contributed by atoms with Crippen LogP contribution < -0.4 is 85.3 Å². The van der Waals surface area contributed by atoms with Gasteiger partial charge in [-0.1, -0.05) is 10.3 Å². The number of thiazole rings is 1. The number of aliphatic hydroxyl groups excluding tert-OH is 1. The number of hydrogen-bond donors (Lipinski definition) is 4. The molecule has 5 N–H and O–H groups in total. The van der Waals surface area contributed by atoms with E-state index in [0.29, 0.717) is 29.8 Å². The van der Waals surface area contributed by atoms with Gasteiger partial charge in [0.2, 0.25) is 0 Å². The van der Waals surface area contributed by atoms with Gasteiger partial charge in [-0.25, -0.2) is 14.3 Å². The number of carbonyl (C=O) groups excluding carboxylic acids is 2. The van der Waals surface area contributed by atoms with E-state index in [2.05, 4.69) is 20.6 Å². The van der Waals surface area contributed by atoms with E-state index >= 15 is 0 Å². The number of pyridine rings is 2. The molecule has 0 spiro atoms. The van der Waals surface area contributed by atoms with E-state index in [9.17, 15) is 34.6 Å². The molecule has 6 rings (SSSR count). The molecule has 4 aromatic rings. The second-order valence-corrected chi connectivity index (χ2v) is 13.6. The van der Waals surface area contributed by atoms with Crippen molar-refractivity contribution in [3.05, 3.63) is 86.4 Å². The van der Waals surface area contributed by atoms with E-state index in [4.69, 9.17) is 20.2 Å². The molecule has 52 heavy (non-hydrogen) atoms. The molecule has 0 aliphatic carbocycles. The van der Waals surface area contributed by atoms with Gasteiger partial charge in [0, 0.05) is 46.0 Å². The predicted molar refractivity (Wildman–Crippen MR) is 176 cm³/mol. The molecular formula is C29H25N8Na2O10S3+. The standard InChI is InChI=1S/C29H26N8O10S3.2Na/c30-29-31-18(13-50-29)22(34-46-10-15-7-17(33-47-15)19-8-20(39)21(40)9-36(19)45)25(41)32-23-26(42)37-24(28(43)44)14(12-49-27(23)37)11-48-16-1-3-35(4-2-16)5-6-38;;/h1-4,7-9,13,23,27,38,40H,5-6,10-12H2,(H2,30,31)(H,32,41)(H,43,44);;/q;2*+1/p-1/b34-22-;;/t23-,27-;;/m1../s1. The predicted octanol–water partition coefficient (Wildman–Crippen LogP) is -6.30. The molecule has 0 radical (unpaired) electrons. The number of anilines is 1. The fraction of sp³-hybridized carbons (Fsp3) is 0.241. The zero-order chi connectivity index (χ0) is 35.5. The number of nitrogens with one attached hydrogen (secondary N) is 1. The molecule has 0 aromatic carbocycles. The smallest absolute Gasteiger partial charge is 0.869 e. The number of fused-ring (bicyclic) bond motifs is 1. The summed E-state index contributed by atoms with van der Waals surface area (Å²) >= 11 is 3.75. The second-order valence-electron chi connectivity index (χ2n) is 10.6. The van der Waals surface area contributed by atoms with Crippen LogP contribution in [0.3, 0.4) is 0 Å². The van der Waals surface area contributed by atoms with Gasteiger partial charge in [0.15, 0.2) is 47.6 Å². The van der Waals surface area contributed by atoms with Crippen LogP contribution in [0.5, 0.6) is 5.75 Å². The molecule has 2 atom stereocenters. The number of nitrogen functional groups attached to an aromatic ring is 1. The van der Waals surface area contributed by atoms with Gasteiger partial charge in [-0.15, -0.1) is 34.9 Å². The molecule has 0 unspecified atom stereocenters. The minimum Gasteiger partial charge on any atom is -0.869 e. The quantitative estimate of drug-likeness (QED) is 0.0245. The summed E-state index contributed by atoms with van der Waals surface area (Å²) in [5.74, 6) is -3.03. The Labute approximate surface area is 350 Å². The number of nitrogens with zero attached hydrogens (tertiary/aromatic N) is 6. The summed E-state index contributed by atoms with van der Waals surface area (Å²) in [5.41, 5.74) is 4.73. The summed E-state index contributed by atoms with van der Waals surface area (Å²) in [6, 6.07) is 4.73. The molecular weight excluding hydrogens is 763 g/mol. The van der Waals surface area contributed by atoms with Crippen molar-refractivity contribution in [3.63, 3.8) is 0 Å². The molecule has 0 saturated carbocycles. The van der Waals surface area contributed by atoms with Crippen molar-refractivity contribution in [1.82, 2.24) is 25.1 Å². The maximum Gasteiger partial charge on any atom is 1.00 e.